The van der Waals surface area contributed by atoms with E-state index < -0.39 is 0 Å². The van der Waals surface area contributed by atoms with Gasteiger partial charge < -0.3 is 15.7 Å². The van der Waals surface area contributed by atoms with E-state index in [4.69, 9.17) is 10.8 Å². The largest absolute Gasteiger partial charge is 0.396 e. The number of hydrogen-bond acceptors (Lipinski definition) is 5. The molecule has 0 bridgehead atoms. The number of aliphatic hydroxyl groups is 1. The maximum absolute atomic E-state index is 8.99. The maximum atomic E-state index is 8.99. The molecule has 1 aliphatic carbocycles. The van der Waals surface area contributed by atoms with Gasteiger partial charge in [0.25, 0.3) is 0 Å². The van der Waals surface area contributed by atoms with Crippen LogP contribution >= 0.6 is 0 Å². The maximum Gasteiger partial charge on any atom is 0.136 e. The minimum absolute atomic E-state index is 0.276. The first-order valence-electron chi connectivity index (χ1n) is 6.76. The molecule has 2 heterocycles. The summed E-state index contributed by atoms with van der Waals surface area (Å²) in [6.07, 6.45) is 4.39. The van der Waals surface area contributed by atoms with Crippen molar-refractivity contribution < 1.29 is 5.11 Å². The smallest absolute Gasteiger partial charge is 0.136 e. The SMILES string of the molecule is Nc1cc(N2CCC(CCO)C2)nc(C2CC2)n1. The molecular formula is C13H20N4O. The highest BCUT2D eigenvalue weighted by molar-refractivity contribution is 5.48. The summed E-state index contributed by atoms with van der Waals surface area (Å²) in [6.45, 7) is 2.25. The lowest BCUT2D eigenvalue weighted by molar-refractivity contribution is 0.263. The van der Waals surface area contributed by atoms with E-state index in [0.717, 1.165) is 37.6 Å². The van der Waals surface area contributed by atoms with E-state index >= 15 is 0 Å². The molecule has 1 aliphatic heterocycles. The molecule has 1 aromatic rings. The van der Waals surface area contributed by atoms with Crippen molar-refractivity contribution in [3.63, 3.8) is 0 Å². The molecule has 1 saturated carbocycles. The van der Waals surface area contributed by atoms with Crippen LogP contribution in [-0.4, -0.2) is 34.8 Å². The molecule has 1 aromatic heterocycles. The summed E-state index contributed by atoms with van der Waals surface area (Å²) in [5.74, 6) is 3.56. The first kappa shape index (κ1) is 11.7. The van der Waals surface area contributed by atoms with Gasteiger partial charge in [0.2, 0.25) is 0 Å². The van der Waals surface area contributed by atoms with Crippen LogP contribution in [0.3, 0.4) is 0 Å². The van der Waals surface area contributed by atoms with Crippen LogP contribution in [0, 0.1) is 5.92 Å². The summed E-state index contributed by atoms with van der Waals surface area (Å²) in [4.78, 5) is 11.2. The number of hydrogen-bond donors (Lipinski definition) is 2. The summed E-state index contributed by atoms with van der Waals surface area (Å²) in [5, 5.41) is 8.99. The van der Waals surface area contributed by atoms with Crippen LogP contribution in [0.2, 0.25) is 0 Å². The molecule has 5 heteroatoms. The van der Waals surface area contributed by atoms with Gasteiger partial charge in [0.15, 0.2) is 0 Å². The van der Waals surface area contributed by atoms with Gasteiger partial charge in [-0.2, -0.15) is 0 Å². The molecule has 5 nitrogen and oxygen atoms in total. The average Bonchev–Trinajstić information content (AvgIpc) is 3.10. The van der Waals surface area contributed by atoms with Crippen molar-refractivity contribution in [1.82, 2.24) is 9.97 Å². The second-order valence-corrected chi connectivity index (χ2v) is 5.40. The molecule has 0 radical (unpaired) electrons. The van der Waals surface area contributed by atoms with Crippen LogP contribution in [0.15, 0.2) is 6.07 Å². The first-order valence-corrected chi connectivity index (χ1v) is 6.76. The van der Waals surface area contributed by atoms with Crippen LogP contribution in [0.1, 0.15) is 37.4 Å². The summed E-state index contributed by atoms with van der Waals surface area (Å²) < 4.78 is 0. The van der Waals surface area contributed by atoms with Crippen molar-refractivity contribution in [3.8, 4) is 0 Å². The third kappa shape index (κ3) is 2.41. The van der Waals surface area contributed by atoms with Gasteiger partial charge in [-0.05, 0) is 31.6 Å². The average molecular weight is 248 g/mol. The number of nitrogen functional groups attached to an aromatic ring is 1. The monoisotopic (exact) mass is 248 g/mol. The molecule has 1 unspecified atom stereocenters. The Morgan fingerprint density at radius 3 is 2.89 bits per heavy atom. The quantitative estimate of drug-likeness (QED) is 0.836. The van der Waals surface area contributed by atoms with Gasteiger partial charge in [-0.1, -0.05) is 0 Å². The Labute approximate surface area is 107 Å². The second kappa shape index (κ2) is 4.72. The summed E-state index contributed by atoms with van der Waals surface area (Å²) in [6, 6.07) is 1.87. The van der Waals surface area contributed by atoms with Gasteiger partial charge >= 0.3 is 0 Å². The highest BCUT2D eigenvalue weighted by Crippen LogP contribution is 2.39. The minimum Gasteiger partial charge on any atom is -0.396 e. The third-order valence-electron chi connectivity index (χ3n) is 3.84. The fourth-order valence-electron chi connectivity index (χ4n) is 2.62. The third-order valence-corrected chi connectivity index (χ3v) is 3.84. The minimum atomic E-state index is 0.276. The Hall–Kier alpha value is -1.36. The van der Waals surface area contributed by atoms with Crippen molar-refractivity contribution in [2.75, 3.05) is 30.3 Å². The molecule has 2 aliphatic rings. The van der Waals surface area contributed by atoms with Crippen molar-refractivity contribution in [3.05, 3.63) is 11.9 Å². The first-order chi connectivity index (χ1) is 8.76. The number of rotatable bonds is 4. The van der Waals surface area contributed by atoms with Crippen molar-refractivity contribution >= 4 is 11.6 Å². The Bertz CT molecular complexity index is 433. The lowest BCUT2D eigenvalue weighted by atomic mass is 10.1. The van der Waals surface area contributed by atoms with Gasteiger partial charge in [0.05, 0.1) is 0 Å². The summed E-state index contributed by atoms with van der Waals surface area (Å²) in [5.41, 5.74) is 5.87. The molecule has 98 valence electrons. The van der Waals surface area contributed by atoms with E-state index in [2.05, 4.69) is 14.9 Å². The van der Waals surface area contributed by atoms with Crippen LogP contribution in [0.25, 0.3) is 0 Å². The molecule has 0 spiro atoms. The Kier molecular flexibility index (Phi) is 3.07. The van der Waals surface area contributed by atoms with Gasteiger partial charge in [0, 0.05) is 31.7 Å². The summed E-state index contributed by atoms with van der Waals surface area (Å²) in [7, 11) is 0. The lowest BCUT2D eigenvalue weighted by Crippen LogP contribution is -2.22. The van der Waals surface area contributed by atoms with E-state index in [1.807, 2.05) is 6.07 Å². The van der Waals surface area contributed by atoms with Crippen molar-refractivity contribution in [2.24, 2.45) is 5.92 Å². The zero-order valence-electron chi connectivity index (χ0n) is 10.5. The predicted octanol–water partition coefficient (Wildman–Crippen LogP) is 1.14. The van der Waals surface area contributed by atoms with E-state index in [1.165, 1.54) is 12.8 Å². The number of anilines is 2. The second-order valence-electron chi connectivity index (χ2n) is 5.40. The molecule has 2 fully saturated rings. The fraction of sp³-hybridized carbons (Fsp3) is 0.692. The number of aromatic nitrogens is 2. The van der Waals surface area contributed by atoms with Gasteiger partial charge in [-0.3, -0.25) is 0 Å². The number of nitrogens with two attached hydrogens (primary N) is 1. The normalized spacial score (nSPS) is 23.6. The Morgan fingerprint density at radius 2 is 2.17 bits per heavy atom. The van der Waals surface area contributed by atoms with Gasteiger partial charge in [-0.15, -0.1) is 0 Å². The molecule has 0 amide bonds. The molecule has 0 aromatic carbocycles. The van der Waals surface area contributed by atoms with E-state index in [0.29, 0.717) is 17.7 Å². The molecule has 1 saturated heterocycles. The lowest BCUT2D eigenvalue weighted by Gasteiger charge is -2.18. The van der Waals surface area contributed by atoms with E-state index in [1.54, 1.807) is 0 Å². The van der Waals surface area contributed by atoms with Gasteiger partial charge in [0.1, 0.15) is 17.5 Å². The number of nitrogens with zero attached hydrogens (tertiary/aromatic N) is 3. The highest BCUT2D eigenvalue weighted by atomic mass is 16.3. The zero-order chi connectivity index (χ0) is 12.5. The van der Waals surface area contributed by atoms with Crippen LogP contribution < -0.4 is 10.6 Å². The zero-order valence-corrected chi connectivity index (χ0v) is 10.5. The van der Waals surface area contributed by atoms with Crippen LogP contribution in [0.5, 0.6) is 0 Å². The standard InChI is InChI=1S/C13H20N4O/c14-11-7-12(16-13(15-11)10-1-2-10)17-5-3-9(8-17)4-6-18/h7,9-10,18H,1-6,8H2,(H2,14,15,16). The van der Waals surface area contributed by atoms with Gasteiger partial charge in [-0.25, -0.2) is 9.97 Å². The van der Waals surface area contributed by atoms with Crippen molar-refractivity contribution in [1.29, 1.82) is 0 Å². The molecule has 3 N–H and O–H groups in total. The molecule has 1 atom stereocenters. The number of aliphatic hydroxyl groups excluding tert-OH is 1. The topological polar surface area (TPSA) is 75.3 Å². The summed E-state index contributed by atoms with van der Waals surface area (Å²) >= 11 is 0. The van der Waals surface area contributed by atoms with Crippen LogP contribution in [-0.2, 0) is 0 Å². The van der Waals surface area contributed by atoms with Crippen LogP contribution in [0.4, 0.5) is 11.6 Å². The Balaban J connectivity index is 1.75. The molecule has 18 heavy (non-hydrogen) atoms. The Morgan fingerprint density at radius 1 is 1.33 bits per heavy atom. The predicted molar refractivity (Wildman–Crippen MR) is 70.4 cm³/mol. The van der Waals surface area contributed by atoms with Crippen molar-refractivity contribution in [2.45, 2.75) is 31.6 Å². The highest BCUT2D eigenvalue weighted by Gasteiger charge is 2.29. The molecule has 3 rings (SSSR count). The van der Waals surface area contributed by atoms with E-state index in [-0.39, 0.29) is 6.61 Å². The van der Waals surface area contributed by atoms with E-state index in [9.17, 15) is 0 Å². The fourth-order valence-corrected chi connectivity index (χ4v) is 2.62. The molecular weight excluding hydrogens is 228 g/mol.